The molecule has 0 aromatic heterocycles. The molecule has 2 aliphatic rings. The SMILES string of the molecule is CCCCc1ccc(N2CC(C(=O)NC3CCNC(C)C3)CC2=O)cc1. The fourth-order valence-electron chi connectivity index (χ4n) is 3.94. The first kappa shape index (κ1) is 18.9. The zero-order chi connectivity index (χ0) is 18.5. The molecule has 3 rings (SSSR count). The van der Waals surface area contributed by atoms with Gasteiger partial charge in [-0.3, -0.25) is 9.59 Å². The van der Waals surface area contributed by atoms with Gasteiger partial charge < -0.3 is 15.5 Å². The number of nitrogens with zero attached hydrogens (tertiary/aromatic N) is 1. The van der Waals surface area contributed by atoms with Gasteiger partial charge in [0.2, 0.25) is 11.8 Å². The van der Waals surface area contributed by atoms with Crippen molar-refractivity contribution in [1.29, 1.82) is 0 Å². The summed E-state index contributed by atoms with van der Waals surface area (Å²) in [4.78, 5) is 26.8. The lowest BCUT2D eigenvalue weighted by Crippen LogP contribution is -2.48. The number of hydrogen-bond donors (Lipinski definition) is 2. The standard InChI is InChI=1S/C21H31N3O2/c1-3-4-5-16-6-8-19(9-7-16)24-14-17(13-20(24)25)21(26)23-18-10-11-22-15(2)12-18/h6-9,15,17-18,22H,3-5,10-14H2,1-2H3,(H,23,26). The third-order valence-corrected chi connectivity index (χ3v) is 5.53. The van der Waals surface area contributed by atoms with E-state index < -0.39 is 0 Å². The molecule has 5 heteroatoms. The summed E-state index contributed by atoms with van der Waals surface area (Å²) in [6, 6.07) is 8.88. The molecule has 142 valence electrons. The Morgan fingerprint density at radius 3 is 2.77 bits per heavy atom. The van der Waals surface area contributed by atoms with Gasteiger partial charge in [-0.15, -0.1) is 0 Å². The predicted molar refractivity (Wildman–Crippen MR) is 104 cm³/mol. The first-order valence-corrected chi connectivity index (χ1v) is 10.00. The van der Waals surface area contributed by atoms with Gasteiger partial charge in [0.15, 0.2) is 0 Å². The molecule has 3 unspecified atom stereocenters. The molecule has 2 amide bonds. The molecule has 2 fully saturated rings. The van der Waals surface area contributed by atoms with Gasteiger partial charge in [-0.1, -0.05) is 25.5 Å². The highest BCUT2D eigenvalue weighted by molar-refractivity contribution is 6.00. The number of anilines is 1. The van der Waals surface area contributed by atoms with Crippen LogP contribution in [0.1, 0.15) is 51.5 Å². The van der Waals surface area contributed by atoms with Crippen molar-refractivity contribution in [3.8, 4) is 0 Å². The van der Waals surface area contributed by atoms with Crippen molar-refractivity contribution >= 4 is 17.5 Å². The molecular formula is C21H31N3O2. The Balaban J connectivity index is 1.56. The summed E-state index contributed by atoms with van der Waals surface area (Å²) >= 11 is 0. The third kappa shape index (κ3) is 4.64. The molecule has 0 radical (unpaired) electrons. The van der Waals surface area contributed by atoms with Crippen molar-refractivity contribution < 1.29 is 9.59 Å². The van der Waals surface area contributed by atoms with Crippen molar-refractivity contribution in [2.75, 3.05) is 18.0 Å². The maximum atomic E-state index is 12.6. The Bertz CT molecular complexity index is 629. The summed E-state index contributed by atoms with van der Waals surface area (Å²) in [5.74, 6) is -0.169. The van der Waals surface area contributed by atoms with Gasteiger partial charge in [0, 0.05) is 30.7 Å². The van der Waals surface area contributed by atoms with Crippen LogP contribution in [0.5, 0.6) is 0 Å². The molecule has 0 spiro atoms. The third-order valence-electron chi connectivity index (χ3n) is 5.53. The average molecular weight is 357 g/mol. The Morgan fingerprint density at radius 2 is 2.08 bits per heavy atom. The maximum absolute atomic E-state index is 12.6. The van der Waals surface area contributed by atoms with E-state index in [1.165, 1.54) is 18.4 Å². The molecule has 5 nitrogen and oxygen atoms in total. The lowest BCUT2D eigenvalue weighted by molar-refractivity contribution is -0.127. The Hall–Kier alpha value is -1.88. The lowest BCUT2D eigenvalue weighted by atomic mass is 9.99. The van der Waals surface area contributed by atoms with Gasteiger partial charge >= 0.3 is 0 Å². The minimum Gasteiger partial charge on any atom is -0.353 e. The normalized spacial score (nSPS) is 26.2. The summed E-state index contributed by atoms with van der Waals surface area (Å²) in [6.45, 7) is 5.75. The molecule has 2 saturated heterocycles. The fourth-order valence-corrected chi connectivity index (χ4v) is 3.94. The van der Waals surface area contributed by atoms with E-state index in [2.05, 4.69) is 36.6 Å². The van der Waals surface area contributed by atoms with Crippen molar-refractivity contribution in [2.45, 2.75) is 64.5 Å². The summed E-state index contributed by atoms with van der Waals surface area (Å²) < 4.78 is 0. The number of carbonyl (C=O) groups is 2. The first-order valence-electron chi connectivity index (χ1n) is 10.00. The van der Waals surface area contributed by atoms with Crippen LogP contribution in [-0.4, -0.2) is 37.0 Å². The largest absolute Gasteiger partial charge is 0.353 e. The van der Waals surface area contributed by atoms with Crippen LogP contribution in [0.2, 0.25) is 0 Å². The van der Waals surface area contributed by atoms with E-state index in [9.17, 15) is 9.59 Å². The highest BCUT2D eigenvalue weighted by atomic mass is 16.2. The smallest absolute Gasteiger partial charge is 0.227 e. The van der Waals surface area contributed by atoms with E-state index in [-0.39, 0.29) is 23.8 Å². The number of hydrogen-bond acceptors (Lipinski definition) is 3. The van der Waals surface area contributed by atoms with Gasteiger partial charge in [-0.25, -0.2) is 0 Å². The van der Waals surface area contributed by atoms with E-state index in [0.717, 1.165) is 31.5 Å². The minimum atomic E-state index is -0.243. The number of amides is 2. The monoisotopic (exact) mass is 357 g/mol. The highest BCUT2D eigenvalue weighted by Gasteiger charge is 2.36. The molecular weight excluding hydrogens is 326 g/mol. The summed E-state index contributed by atoms with van der Waals surface area (Å²) in [6.07, 6.45) is 5.65. The van der Waals surface area contributed by atoms with Gasteiger partial charge in [0.05, 0.1) is 5.92 Å². The topological polar surface area (TPSA) is 61.4 Å². The van der Waals surface area contributed by atoms with Gasteiger partial charge in [-0.05, 0) is 56.8 Å². The van der Waals surface area contributed by atoms with Crippen molar-refractivity contribution in [2.24, 2.45) is 5.92 Å². The van der Waals surface area contributed by atoms with Crippen LogP contribution in [0, 0.1) is 5.92 Å². The van der Waals surface area contributed by atoms with Crippen molar-refractivity contribution in [3.63, 3.8) is 0 Å². The Morgan fingerprint density at radius 1 is 1.31 bits per heavy atom. The summed E-state index contributed by atoms with van der Waals surface area (Å²) in [5.41, 5.74) is 2.21. The maximum Gasteiger partial charge on any atom is 0.227 e. The fraction of sp³-hybridized carbons (Fsp3) is 0.619. The van der Waals surface area contributed by atoms with E-state index in [1.807, 2.05) is 12.1 Å². The number of unbranched alkanes of at least 4 members (excludes halogenated alkanes) is 1. The van der Waals surface area contributed by atoms with Gasteiger partial charge in [-0.2, -0.15) is 0 Å². The first-order chi connectivity index (χ1) is 12.6. The molecule has 2 heterocycles. The number of piperidine rings is 1. The van der Waals surface area contributed by atoms with E-state index in [0.29, 0.717) is 19.0 Å². The van der Waals surface area contributed by atoms with Crippen LogP contribution in [0.15, 0.2) is 24.3 Å². The number of rotatable bonds is 6. The molecule has 1 aromatic rings. The van der Waals surface area contributed by atoms with E-state index in [4.69, 9.17) is 0 Å². The highest BCUT2D eigenvalue weighted by Crippen LogP contribution is 2.26. The second-order valence-corrected chi connectivity index (χ2v) is 7.76. The zero-order valence-electron chi connectivity index (χ0n) is 16.0. The lowest BCUT2D eigenvalue weighted by Gasteiger charge is -2.29. The molecule has 0 bridgehead atoms. The van der Waals surface area contributed by atoms with E-state index >= 15 is 0 Å². The average Bonchev–Trinajstić information content (AvgIpc) is 3.02. The Kier molecular flexibility index (Phi) is 6.30. The number of nitrogens with one attached hydrogen (secondary N) is 2. The van der Waals surface area contributed by atoms with Gasteiger partial charge in [0.25, 0.3) is 0 Å². The zero-order valence-corrected chi connectivity index (χ0v) is 16.0. The molecule has 26 heavy (non-hydrogen) atoms. The quantitative estimate of drug-likeness (QED) is 0.823. The molecule has 0 aliphatic carbocycles. The van der Waals surface area contributed by atoms with Crippen LogP contribution < -0.4 is 15.5 Å². The molecule has 2 N–H and O–H groups in total. The van der Waals surface area contributed by atoms with Crippen LogP contribution in [0.4, 0.5) is 5.69 Å². The van der Waals surface area contributed by atoms with Crippen molar-refractivity contribution in [3.05, 3.63) is 29.8 Å². The number of aryl methyl sites for hydroxylation is 1. The summed E-state index contributed by atoms with van der Waals surface area (Å²) in [7, 11) is 0. The minimum absolute atomic E-state index is 0.0273. The van der Waals surface area contributed by atoms with Gasteiger partial charge in [0.1, 0.15) is 0 Å². The second kappa shape index (κ2) is 8.67. The van der Waals surface area contributed by atoms with Crippen LogP contribution >= 0.6 is 0 Å². The molecule has 3 atom stereocenters. The number of benzene rings is 1. The predicted octanol–water partition coefficient (Wildman–Crippen LogP) is 2.64. The van der Waals surface area contributed by atoms with Crippen molar-refractivity contribution in [1.82, 2.24) is 10.6 Å². The summed E-state index contributed by atoms with van der Waals surface area (Å²) in [5, 5.41) is 6.55. The molecule has 1 aromatic carbocycles. The second-order valence-electron chi connectivity index (χ2n) is 7.76. The van der Waals surface area contributed by atoms with Crippen LogP contribution in [0.25, 0.3) is 0 Å². The van der Waals surface area contributed by atoms with E-state index in [1.54, 1.807) is 4.90 Å². The Labute approximate surface area is 156 Å². The van der Waals surface area contributed by atoms with Crippen LogP contribution in [-0.2, 0) is 16.0 Å². The molecule has 0 saturated carbocycles. The molecule has 2 aliphatic heterocycles. The van der Waals surface area contributed by atoms with Crippen LogP contribution in [0.3, 0.4) is 0 Å². The number of carbonyl (C=O) groups excluding carboxylic acids is 2.